The summed E-state index contributed by atoms with van der Waals surface area (Å²) in [5.74, 6) is 0.909. The molecule has 0 amide bonds. The molecule has 1 aromatic carbocycles. The normalized spacial score (nSPS) is 11.2. The number of halogens is 2. The smallest absolute Gasteiger partial charge is 0.122 e. The molecule has 0 bridgehead atoms. The van der Waals surface area contributed by atoms with Crippen molar-refractivity contribution in [1.29, 1.82) is 0 Å². The molecule has 0 aromatic heterocycles. The Morgan fingerprint density at radius 3 is 1.62 bits per heavy atom. The Balaban J connectivity index is 3.66. The highest BCUT2D eigenvalue weighted by Crippen LogP contribution is 2.38. The quantitative estimate of drug-likeness (QED) is 0.767. The Hall–Kier alpha value is -0.0200. The average Bonchev–Trinajstić information content (AvgIpc) is 2.25. The molecule has 0 saturated carbocycles. The van der Waals surface area contributed by atoms with Crippen LogP contribution in [-0.4, -0.2) is 5.11 Å². The molecule has 0 aliphatic heterocycles. The summed E-state index contributed by atoms with van der Waals surface area (Å²) in [5, 5.41) is 11.7. The first-order chi connectivity index (χ1) is 7.45. The molecule has 90 valence electrons. The van der Waals surface area contributed by atoms with Gasteiger partial charge in [-0.3, -0.25) is 0 Å². The van der Waals surface area contributed by atoms with E-state index in [9.17, 15) is 5.11 Å². The van der Waals surface area contributed by atoms with Crippen LogP contribution >= 0.6 is 31.9 Å². The zero-order valence-corrected chi connectivity index (χ0v) is 13.4. The first-order valence-corrected chi connectivity index (χ1v) is 7.65. The molecular formula is C13H18Br2O. The number of benzene rings is 1. The topological polar surface area (TPSA) is 20.2 Å². The van der Waals surface area contributed by atoms with Gasteiger partial charge in [0.25, 0.3) is 0 Å². The number of phenolic OH excluding ortho intramolecular Hbond substituents is 1. The van der Waals surface area contributed by atoms with Crippen LogP contribution in [0.3, 0.4) is 0 Å². The molecule has 0 fully saturated rings. The van der Waals surface area contributed by atoms with Crippen molar-refractivity contribution >= 4 is 31.9 Å². The monoisotopic (exact) mass is 348 g/mol. The average molecular weight is 350 g/mol. The second-order valence-corrected chi connectivity index (χ2v) is 5.51. The van der Waals surface area contributed by atoms with Gasteiger partial charge in [0.05, 0.1) is 0 Å². The van der Waals surface area contributed by atoms with E-state index in [0.29, 0.717) is 11.7 Å². The highest BCUT2D eigenvalue weighted by Gasteiger charge is 2.19. The van der Waals surface area contributed by atoms with Gasteiger partial charge >= 0.3 is 0 Å². The van der Waals surface area contributed by atoms with Gasteiger partial charge in [-0.2, -0.15) is 0 Å². The SMILES string of the molecule is Cc1c(O)c(C)c(CBr)c(C(C)C)c1CBr. The van der Waals surface area contributed by atoms with Crippen molar-refractivity contribution in [2.24, 2.45) is 0 Å². The highest BCUT2D eigenvalue weighted by molar-refractivity contribution is 9.08. The molecule has 0 aliphatic rings. The summed E-state index contributed by atoms with van der Waals surface area (Å²) in [6.07, 6.45) is 0. The first-order valence-electron chi connectivity index (χ1n) is 5.41. The molecule has 0 heterocycles. The zero-order valence-electron chi connectivity index (χ0n) is 10.2. The molecule has 3 heteroatoms. The fourth-order valence-electron chi connectivity index (χ4n) is 2.19. The molecule has 1 N–H and O–H groups in total. The fourth-order valence-corrected chi connectivity index (χ4v) is 3.64. The first kappa shape index (κ1) is 14.0. The van der Waals surface area contributed by atoms with Gasteiger partial charge in [0.1, 0.15) is 5.75 Å². The summed E-state index contributed by atoms with van der Waals surface area (Å²) in [7, 11) is 0. The van der Waals surface area contributed by atoms with E-state index in [0.717, 1.165) is 21.8 Å². The van der Waals surface area contributed by atoms with Crippen LogP contribution in [0, 0.1) is 13.8 Å². The van der Waals surface area contributed by atoms with Crippen LogP contribution in [0.4, 0.5) is 0 Å². The summed E-state index contributed by atoms with van der Waals surface area (Å²) in [5.41, 5.74) is 5.83. The van der Waals surface area contributed by atoms with Gasteiger partial charge in [-0.1, -0.05) is 45.7 Å². The van der Waals surface area contributed by atoms with Crippen molar-refractivity contribution in [2.75, 3.05) is 0 Å². The predicted molar refractivity (Wildman–Crippen MR) is 76.9 cm³/mol. The molecule has 0 saturated heterocycles. The number of hydrogen-bond acceptors (Lipinski definition) is 1. The van der Waals surface area contributed by atoms with E-state index >= 15 is 0 Å². The molecular weight excluding hydrogens is 332 g/mol. The Bertz CT molecular complexity index is 366. The summed E-state index contributed by atoms with van der Waals surface area (Å²) in [4.78, 5) is 0. The van der Waals surface area contributed by atoms with Crippen molar-refractivity contribution in [3.8, 4) is 5.75 Å². The van der Waals surface area contributed by atoms with Gasteiger partial charge in [0.15, 0.2) is 0 Å². The van der Waals surface area contributed by atoms with Crippen molar-refractivity contribution < 1.29 is 5.11 Å². The van der Waals surface area contributed by atoms with Gasteiger partial charge in [0, 0.05) is 10.7 Å². The standard InChI is InChI=1S/C13H18Br2O/c1-7(2)12-10(5-14)8(3)13(16)9(4)11(12)6-15/h7,16H,5-6H2,1-4H3. The molecule has 1 aromatic rings. The predicted octanol–water partition coefficient (Wildman–Crippen LogP) is 4.92. The molecule has 0 unspecified atom stereocenters. The van der Waals surface area contributed by atoms with Crippen molar-refractivity contribution in [3.63, 3.8) is 0 Å². The molecule has 0 spiro atoms. The van der Waals surface area contributed by atoms with Crippen LogP contribution < -0.4 is 0 Å². The number of rotatable bonds is 3. The molecule has 0 radical (unpaired) electrons. The van der Waals surface area contributed by atoms with Crippen LogP contribution in [0.15, 0.2) is 0 Å². The minimum absolute atomic E-state index is 0.438. The maximum atomic E-state index is 10.1. The van der Waals surface area contributed by atoms with Crippen LogP contribution in [0.1, 0.15) is 47.6 Å². The van der Waals surface area contributed by atoms with Crippen molar-refractivity contribution in [3.05, 3.63) is 27.8 Å². The highest BCUT2D eigenvalue weighted by atomic mass is 79.9. The Kier molecular flexibility index (Phi) is 4.87. The Morgan fingerprint density at radius 1 is 1.00 bits per heavy atom. The van der Waals surface area contributed by atoms with Crippen molar-refractivity contribution in [1.82, 2.24) is 0 Å². The molecule has 0 atom stereocenters. The minimum atomic E-state index is 0.438. The minimum Gasteiger partial charge on any atom is -0.507 e. The maximum Gasteiger partial charge on any atom is 0.122 e. The Labute approximate surface area is 115 Å². The zero-order chi connectivity index (χ0) is 12.5. The lowest BCUT2D eigenvalue weighted by molar-refractivity contribution is 0.465. The third-order valence-electron chi connectivity index (χ3n) is 3.11. The molecule has 16 heavy (non-hydrogen) atoms. The third kappa shape index (κ3) is 2.30. The number of hydrogen-bond donors (Lipinski definition) is 1. The lowest BCUT2D eigenvalue weighted by atomic mass is 9.87. The number of aromatic hydroxyl groups is 1. The number of phenols is 1. The number of alkyl halides is 2. The van der Waals surface area contributed by atoms with E-state index in [1.165, 1.54) is 16.7 Å². The molecule has 1 nitrogen and oxygen atoms in total. The molecule has 1 rings (SSSR count). The molecule has 0 aliphatic carbocycles. The van der Waals surface area contributed by atoms with Crippen LogP contribution in [0.2, 0.25) is 0 Å². The summed E-state index contributed by atoms with van der Waals surface area (Å²) in [6, 6.07) is 0. The fraction of sp³-hybridized carbons (Fsp3) is 0.538. The largest absolute Gasteiger partial charge is 0.507 e. The van der Waals surface area contributed by atoms with Crippen LogP contribution in [-0.2, 0) is 10.7 Å². The van der Waals surface area contributed by atoms with Crippen molar-refractivity contribution in [2.45, 2.75) is 44.3 Å². The van der Waals surface area contributed by atoms with Gasteiger partial charge < -0.3 is 5.11 Å². The third-order valence-corrected chi connectivity index (χ3v) is 4.23. The van der Waals surface area contributed by atoms with E-state index in [2.05, 4.69) is 45.7 Å². The maximum absolute atomic E-state index is 10.1. The van der Waals surface area contributed by atoms with Crippen LogP contribution in [0.5, 0.6) is 5.75 Å². The lowest BCUT2D eigenvalue weighted by Gasteiger charge is -2.22. The second-order valence-electron chi connectivity index (χ2n) is 4.39. The van der Waals surface area contributed by atoms with E-state index in [1.54, 1.807) is 0 Å². The van der Waals surface area contributed by atoms with E-state index < -0.39 is 0 Å². The van der Waals surface area contributed by atoms with E-state index in [1.807, 2.05) is 13.8 Å². The Morgan fingerprint density at radius 2 is 1.38 bits per heavy atom. The van der Waals surface area contributed by atoms with E-state index in [4.69, 9.17) is 0 Å². The van der Waals surface area contributed by atoms with Gasteiger partial charge in [-0.25, -0.2) is 0 Å². The van der Waals surface area contributed by atoms with Gasteiger partial charge in [-0.05, 0) is 47.6 Å². The van der Waals surface area contributed by atoms with E-state index in [-0.39, 0.29) is 0 Å². The summed E-state index contributed by atoms with van der Waals surface area (Å²) < 4.78 is 0. The lowest BCUT2D eigenvalue weighted by Crippen LogP contribution is -2.05. The summed E-state index contributed by atoms with van der Waals surface area (Å²) >= 11 is 7.05. The summed E-state index contributed by atoms with van der Waals surface area (Å²) in [6.45, 7) is 8.37. The van der Waals surface area contributed by atoms with Gasteiger partial charge in [-0.15, -0.1) is 0 Å². The second kappa shape index (κ2) is 5.54. The van der Waals surface area contributed by atoms with Crippen LogP contribution in [0.25, 0.3) is 0 Å². The van der Waals surface area contributed by atoms with Gasteiger partial charge in [0.2, 0.25) is 0 Å².